The maximum absolute atomic E-state index is 10.8. The minimum absolute atomic E-state index is 0.177. The third-order valence-corrected chi connectivity index (χ3v) is 3.19. The maximum atomic E-state index is 10.8. The molecule has 0 saturated heterocycles. The monoisotopic (exact) mass is 208 g/mol. The predicted octanol–water partition coefficient (Wildman–Crippen LogP) is -0.525. The Morgan fingerprint density at radius 1 is 1.31 bits per heavy atom. The van der Waals surface area contributed by atoms with Crippen molar-refractivity contribution in [1.82, 2.24) is 4.72 Å². The molecule has 1 saturated carbocycles. The van der Waals surface area contributed by atoms with Crippen molar-refractivity contribution in [3.8, 4) is 0 Å². The van der Waals surface area contributed by atoms with E-state index in [1.54, 1.807) is 0 Å². The number of nitrogens with two attached hydrogens (primary N) is 1. The molecule has 1 fully saturated rings. The summed E-state index contributed by atoms with van der Waals surface area (Å²) in [5, 5.41) is 14.0. The second-order valence-electron chi connectivity index (χ2n) is 3.65. The first kappa shape index (κ1) is 10.9. The van der Waals surface area contributed by atoms with Crippen molar-refractivity contribution < 1.29 is 13.5 Å². The summed E-state index contributed by atoms with van der Waals surface area (Å²) in [5.41, 5.74) is -0.703. The Hall–Kier alpha value is -0.170. The smallest absolute Gasteiger partial charge is 0.274 e. The zero-order valence-corrected chi connectivity index (χ0v) is 8.31. The fourth-order valence-corrected chi connectivity index (χ4v) is 2.70. The van der Waals surface area contributed by atoms with E-state index in [2.05, 4.69) is 4.72 Å². The number of rotatable bonds is 3. The highest BCUT2D eigenvalue weighted by Crippen LogP contribution is 2.27. The molecule has 0 heterocycles. The summed E-state index contributed by atoms with van der Waals surface area (Å²) in [6, 6.07) is 0. The molecule has 6 heteroatoms. The van der Waals surface area contributed by atoms with E-state index >= 15 is 0 Å². The summed E-state index contributed by atoms with van der Waals surface area (Å²) in [5.74, 6) is 0. The number of hydrogen-bond donors (Lipinski definition) is 3. The molecule has 0 bridgehead atoms. The largest absolute Gasteiger partial charge is 0.394 e. The van der Waals surface area contributed by atoms with Crippen molar-refractivity contribution >= 4 is 10.2 Å². The summed E-state index contributed by atoms with van der Waals surface area (Å²) in [6.45, 7) is -0.177. The lowest BCUT2D eigenvalue weighted by molar-refractivity contribution is 0.142. The molecule has 0 radical (unpaired) electrons. The Balaban J connectivity index is 2.68. The lowest BCUT2D eigenvalue weighted by Gasteiger charge is -2.35. The summed E-state index contributed by atoms with van der Waals surface area (Å²) >= 11 is 0. The molecule has 1 rings (SSSR count). The molecule has 0 aromatic heterocycles. The lowest BCUT2D eigenvalue weighted by atomic mass is 9.83. The van der Waals surface area contributed by atoms with Crippen molar-refractivity contribution in [3.63, 3.8) is 0 Å². The lowest BCUT2D eigenvalue weighted by Crippen LogP contribution is -2.54. The van der Waals surface area contributed by atoms with Gasteiger partial charge < -0.3 is 5.11 Å². The highest BCUT2D eigenvalue weighted by molar-refractivity contribution is 7.87. The molecule has 0 unspecified atom stereocenters. The van der Waals surface area contributed by atoms with Crippen LogP contribution in [-0.2, 0) is 10.2 Å². The van der Waals surface area contributed by atoms with Gasteiger partial charge in [-0.15, -0.1) is 0 Å². The van der Waals surface area contributed by atoms with Gasteiger partial charge in [-0.1, -0.05) is 19.3 Å². The molecule has 0 aliphatic heterocycles. The topological polar surface area (TPSA) is 92.4 Å². The first-order valence-electron chi connectivity index (χ1n) is 4.40. The first-order chi connectivity index (χ1) is 5.97. The molecule has 1 aliphatic rings. The van der Waals surface area contributed by atoms with Crippen LogP contribution in [0.2, 0.25) is 0 Å². The van der Waals surface area contributed by atoms with Crippen molar-refractivity contribution in [1.29, 1.82) is 0 Å². The molecule has 5 nitrogen and oxygen atoms in total. The van der Waals surface area contributed by atoms with Crippen molar-refractivity contribution in [2.24, 2.45) is 5.14 Å². The summed E-state index contributed by atoms with van der Waals surface area (Å²) < 4.78 is 24.0. The minimum Gasteiger partial charge on any atom is -0.394 e. The molecule has 0 aromatic carbocycles. The van der Waals surface area contributed by atoms with E-state index in [-0.39, 0.29) is 6.61 Å². The SMILES string of the molecule is NS(=O)(=O)NC1(CO)CCCCC1. The van der Waals surface area contributed by atoms with Gasteiger partial charge in [0, 0.05) is 0 Å². The second-order valence-corrected chi connectivity index (χ2v) is 4.94. The van der Waals surface area contributed by atoms with Crippen LogP contribution >= 0.6 is 0 Å². The van der Waals surface area contributed by atoms with E-state index in [0.717, 1.165) is 19.3 Å². The molecular formula is C7H16N2O3S. The van der Waals surface area contributed by atoms with Crippen molar-refractivity contribution in [2.45, 2.75) is 37.6 Å². The fraction of sp³-hybridized carbons (Fsp3) is 1.00. The minimum atomic E-state index is -3.70. The Labute approximate surface area is 78.5 Å². The summed E-state index contributed by atoms with van der Waals surface area (Å²) in [6.07, 6.45) is 4.29. The summed E-state index contributed by atoms with van der Waals surface area (Å²) in [4.78, 5) is 0. The Morgan fingerprint density at radius 2 is 1.85 bits per heavy atom. The number of nitrogens with one attached hydrogen (secondary N) is 1. The molecule has 0 aromatic rings. The normalized spacial score (nSPS) is 22.9. The van der Waals surface area contributed by atoms with Gasteiger partial charge in [-0.2, -0.15) is 13.1 Å². The van der Waals surface area contributed by atoms with Gasteiger partial charge in [-0.25, -0.2) is 5.14 Å². The van der Waals surface area contributed by atoms with Crippen LogP contribution in [0.4, 0.5) is 0 Å². The average Bonchev–Trinajstić information content (AvgIpc) is 2.03. The first-order valence-corrected chi connectivity index (χ1v) is 5.95. The molecule has 78 valence electrons. The number of aliphatic hydroxyl groups excluding tert-OH is 1. The van der Waals surface area contributed by atoms with Gasteiger partial charge in [0.05, 0.1) is 12.1 Å². The highest BCUT2D eigenvalue weighted by atomic mass is 32.2. The van der Waals surface area contributed by atoms with Crippen molar-refractivity contribution in [3.05, 3.63) is 0 Å². The van der Waals surface area contributed by atoms with Crippen LogP contribution in [0.3, 0.4) is 0 Å². The van der Waals surface area contributed by atoms with Gasteiger partial charge in [-0.05, 0) is 12.8 Å². The van der Waals surface area contributed by atoms with E-state index in [4.69, 9.17) is 10.2 Å². The molecule has 0 amide bonds. The van der Waals surface area contributed by atoms with Gasteiger partial charge in [-0.3, -0.25) is 0 Å². The van der Waals surface area contributed by atoms with Crippen LogP contribution in [0.5, 0.6) is 0 Å². The van der Waals surface area contributed by atoms with E-state index in [9.17, 15) is 8.42 Å². The van der Waals surface area contributed by atoms with Crippen LogP contribution in [-0.4, -0.2) is 25.7 Å². The Kier molecular flexibility index (Phi) is 3.28. The molecule has 0 spiro atoms. The van der Waals surface area contributed by atoms with Gasteiger partial charge >= 0.3 is 0 Å². The second kappa shape index (κ2) is 3.91. The number of hydrogen-bond acceptors (Lipinski definition) is 3. The molecule has 4 N–H and O–H groups in total. The van der Waals surface area contributed by atoms with Crippen LogP contribution in [0, 0.1) is 0 Å². The maximum Gasteiger partial charge on any atom is 0.274 e. The van der Waals surface area contributed by atoms with Crippen LogP contribution in [0.15, 0.2) is 0 Å². The highest BCUT2D eigenvalue weighted by Gasteiger charge is 2.34. The zero-order chi connectivity index (χ0) is 9.95. The van der Waals surface area contributed by atoms with E-state index in [1.807, 2.05) is 0 Å². The Bertz CT molecular complexity index is 257. The summed E-state index contributed by atoms with van der Waals surface area (Å²) in [7, 11) is -3.70. The van der Waals surface area contributed by atoms with E-state index in [1.165, 1.54) is 0 Å². The molecule has 13 heavy (non-hydrogen) atoms. The van der Waals surface area contributed by atoms with E-state index in [0.29, 0.717) is 12.8 Å². The van der Waals surface area contributed by atoms with Gasteiger partial charge in [0.2, 0.25) is 0 Å². The van der Waals surface area contributed by atoms with Gasteiger partial charge in [0.25, 0.3) is 10.2 Å². The third kappa shape index (κ3) is 3.22. The molecule has 0 atom stereocenters. The third-order valence-electron chi connectivity index (χ3n) is 2.47. The quantitative estimate of drug-likeness (QED) is 0.582. The van der Waals surface area contributed by atoms with Crippen molar-refractivity contribution in [2.75, 3.05) is 6.61 Å². The average molecular weight is 208 g/mol. The molecular weight excluding hydrogens is 192 g/mol. The zero-order valence-electron chi connectivity index (χ0n) is 7.49. The fourth-order valence-electron chi connectivity index (χ4n) is 1.82. The van der Waals surface area contributed by atoms with E-state index < -0.39 is 15.7 Å². The van der Waals surface area contributed by atoms with Crippen LogP contribution < -0.4 is 9.86 Å². The standard InChI is InChI=1S/C7H16N2O3S/c8-13(11,12)9-7(6-10)4-2-1-3-5-7/h9-10H,1-6H2,(H2,8,11,12). The van der Waals surface area contributed by atoms with Gasteiger partial charge in [0.1, 0.15) is 0 Å². The molecule has 1 aliphatic carbocycles. The van der Waals surface area contributed by atoms with Crippen LogP contribution in [0.1, 0.15) is 32.1 Å². The number of aliphatic hydroxyl groups is 1. The predicted molar refractivity (Wildman–Crippen MR) is 49.1 cm³/mol. The van der Waals surface area contributed by atoms with Gasteiger partial charge in [0.15, 0.2) is 0 Å². The Morgan fingerprint density at radius 3 is 2.23 bits per heavy atom. The van der Waals surface area contributed by atoms with Crippen LogP contribution in [0.25, 0.3) is 0 Å².